The maximum absolute atomic E-state index is 13.3. The zero-order chi connectivity index (χ0) is 16.8. The standard InChI is InChI=1S/C15H9BrFNO4S/c16-13-14(19)11-7-9(17)3-6-12(11)22-15(13)8-1-4-10(5-2-8)23(18,20)21/h1-7H,(H2,18,20,21). The van der Waals surface area contributed by atoms with Crippen molar-refractivity contribution in [2.75, 3.05) is 0 Å². The summed E-state index contributed by atoms with van der Waals surface area (Å²) in [7, 11) is -3.81. The molecule has 0 aliphatic rings. The molecular weight excluding hydrogens is 389 g/mol. The summed E-state index contributed by atoms with van der Waals surface area (Å²) in [6.45, 7) is 0. The van der Waals surface area contributed by atoms with Crippen molar-refractivity contribution < 1.29 is 17.2 Å². The molecule has 2 N–H and O–H groups in total. The zero-order valence-corrected chi connectivity index (χ0v) is 13.8. The number of rotatable bonds is 2. The summed E-state index contributed by atoms with van der Waals surface area (Å²) in [5, 5.41) is 5.15. The SMILES string of the molecule is NS(=O)(=O)c1ccc(-c2oc3ccc(F)cc3c(=O)c2Br)cc1. The van der Waals surface area contributed by atoms with Crippen LogP contribution < -0.4 is 10.6 Å². The lowest BCUT2D eigenvalue weighted by Gasteiger charge is -2.07. The van der Waals surface area contributed by atoms with Crippen molar-refractivity contribution in [1.29, 1.82) is 0 Å². The molecule has 0 fully saturated rings. The predicted octanol–water partition coefficient (Wildman–Crippen LogP) is 3.01. The summed E-state index contributed by atoms with van der Waals surface area (Å²) in [5.74, 6) is -0.322. The van der Waals surface area contributed by atoms with Crippen LogP contribution in [0, 0.1) is 5.82 Å². The fourth-order valence-electron chi connectivity index (χ4n) is 2.13. The lowest BCUT2D eigenvalue weighted by atomic mass is 10.1. The molecule has 3 aromatic rings. The highest BCUT2D eigenvalue weighted by atomic mass is 79.9. The molecule has 1 aromatic heterocycles. The number of nitrogens with two attached hydrogens (primary N) is 1. The molecule has 0 unspecified atom stereocenters. The lowest BCUT2D eigenvalue weighted by molar-refractivity contribution is 0.597. The normalized spacial score (nSPS) is 11.8. The van der Waals surface area contributed by atoms with E-state index in [0.717, 1.165) is 6.07 Å². The summed E-state index contributed by atoms with van der Waals surface area (Å²) < 4.78 is 41.6. The Morgan fingerprint density at radius 2 is 1.74 bits per heavy atom. The lowest BCUT2D eigenvalue weighted by Crippen LogP contribution is -2.11. The van der Waals surface area contributed by atoms with E-state index in [-0.39, 0.29) is 26.1 Å². The topological polar surface area (TPSA) is 90.4 Å². The van der Waals surface area contributed by atoms with Crippen LogP contribution in [-0.4, -0.2) is 8.42 Å². The Labute approximate surface area is 138 Å². The molecular formula is C15H9BrFNO4S. The molecule has 0 radical (unpaired) electrons. The van der Waals surface area contributed by atoms with Gasteiger partial charge in [-0.15, -0.1) is 0 Å². The van der Waals surface area contributed by atoms with Gasteiger partial charge < -0.3 is 4.42 Å². The fourth-order valence-corrected chi connectivity index (χ4v) is 3.17. The smallest absolute Gasteiger partial charge is 0.238 e. The average molecular weight is 398 g/mol. The van der Waals surface area contributed by atoms with Crippen LogP contribution in [0.2, 0.25) is 0 Å². The van der Waals surface area contributed by atoms with Crippen LogP contribution >= 0.6 is 15.9 Å². The van der Waals surface area contributed by atoms with Crippen LogP contribution in [0.4, 0.5) is 4.39 Å². The Morgan fingerprint density at radius 1 is 1.09 bits per heavy atom. The Bertz CT molecular complexity index is 1080. The number of halogens is 2. The molecule has 1 heterocycles. The van der Waals surface area contributed by atoms with Gasteiger partial charge in [-0.05, 0) is 58.4 Å². The molecule has 2 aromatic carbocycles. The van der Waals surface area contributed by atoms with Crippen LogP contribution in [-0.2, 0) is 10.0 Å². The fraction of sp³-hybridized carbons (Fsp3) is 0. The highest BCUT2D eigenvalue weighted by molar-refractivity contribution is 9.10. The maximum Gasteiger partial charge on any atom is 0.238 e. The monoisotopic (exact) mass is 397 g/mol. The minimum atomic E-state index is -3.81. The van der Waals surface area contributed by atoms with Gasteiger partial charge in [0.25, 0.3) is 0 Å². The highest BCUT2D eigenvalue weighted by Crippen LogP contribution is 2.30. The number of sulfonamides is 1. The Hall–Kier alpha value is -2.03. The van der Waals surface area contributed by atoms with E-state index in [1.54, 1.807) is 0 Å². The van der Waals surface area contributed by atoms with Gasteiger partial charge in [0.05, 0.1) is 10.3 Å². The van der Waals surface area contributed by atoms with Gasteiger partial charge in [-0.25, -0.2) is 17.9 Å². The molecule has 8 heteroatoms. The Balaban J connectivity index is 2.22. The third kappa shape index (κ3) is 2.92. The molecule has 0 atom stereocenters. The predicted molar refractivity (Wildman–Crippen MR) is 87.0 cm³/mol. The molecule has 0 saturated heterocycles. The van der Waals surface area contributed by atoms with Crippen LogP contribution in [0.15, 0.2) is 61.0 Å². The first-order valence-electron chi connectivity index (χ1n) is 6.32. The van der Waals surface area contributed by atoms with Crippen LogP contribution in [0.3, 0.4) is 0 Å². The molecule has 23 heavy (non-hydrogen) atoms. The van der Waals surface area contributed by atoms with E-state index in [2.05, 4.69) is 15.9 Å². The minimum Gasteiger partial charge on any atom is -0.455 e. The second kappa shape index (κ2) is 5.55. The second-order valence-corrected chi connectivity index (χ2v) is 7.14. The number of fused-ring (bicyclic) bond motifs is 1. The van der Waals surface area contributed by atoms with Crippen LogP contribution in [0.1, 0.15) is 0 Å². The summed E-state index contributed by atoms with van der Waals surface area (Å²) in [6, 6.07) is 9.21. The van der Waals surface area contributed by atoms with Crippen LogP contribution in [0.25, 0.3) is 22.3 Å². The van der Waals surface area contributed by atoms with Gasteiger partial charge in [-0.1, -0.05) is 0 Å². The zero-order valence-electron chi connectivity index (χ0n) is 11.4. The largest absolute Gasteiger partial charge is 0.455 e. The van der Waals surface area contributed by atoms with E-state index < -0.39 is 21.3 Å². The molecule has 0 saturated carbocycles. The van der Waals surface area contributed by atoms with Gasteiger partial charge in [0, 0.05) is 5.56 Å². The van der Waals surface area contributed by atoms with Gasteiger partial charge in [0.1, 0.15) is 15.9 Å². The summed E-state index contributed by atoms with van der Waals surface area (Å²) in [4.78, 5) is 12.3. The van der Waals surface area contributed by atoms with Crippen molar-refractivity contribution >= 4 is 36.9 Å². The van der Waals surface area contributed by atoms with Gasteiger partial charge >= 0.3 is 0 Å². The van der Waals surface area contributed by atoms with Crippen molar-refractivity contribution in [3.05, 3.63) is 63.0 Å². The van der Waals surface area contributed by atoms with E-state index >= 15 is 0 Å². The molecule has 5 nitrogen and oxygen atoms in total. The van der Waals surface area contributed by atoms with Crippen molar-refractivity contribution in [1.82, 2.24) is 0 Å². The molecule has 0 amide bonds. The Kier molecular flexibility index (Phi) is 3.83. The molecule has 0 aliphatic heterocycles. The first-order chi connectivity index (χ1) is 10.8. The van der Waals surface area contributed by atoms with E-state index in [0.29, 0.717) is 5.56 Å². The molecule has 118 valence electrons. The van der Waals surface area contributed by atoms with Crippen molar-refractivity contribution in [3.8, 4) is 11.3 Å². The molecule has 3 rings (SSSR count). The third-order valence-corrected chi connectivity index (χ3v) is 4.89. The average Bonchev–Trinajstić information content (AvgIpc) is 2.51. The number of hydrogen-bond acceptors (Lipinski definition) is 4. The van der Waals surface area contributed by atoms with Gasteiger partial charge in [-0.3, -0.25) is 4.79 Å². The van der Waals surface area contributed by atoms with E-state index in [1.807, 2.05) is 0 Å². The van der Waals surface area contributed by atoms with E-state index in [9.17, 15) is 17.6 Å². The number of primary sulfonamides is 1. The molecule has 0 bridgehead atoms. The maximum atomic E-state index is 13.3. The first kappa shape index (κ1) is 15.9. The van der Waals surface area contributed by atoms with E-state index in [4.69, 9.17) is 9.56 Å². The molecule has 0 aliphatic carbocycles. The van der Waals surface area contributed by atoms with E-state index in [1.165, 1.54) is 36.4 Å². The third-order valence-electron chi connectivity index (χ3n) is 3.24. The van der Waals surface area contributed by atoms with Gasteiger partial charge in [-0.2, -0.15) is 0 Å². The van der Waals surface area contributed by atoms with Gasteiger partial charge in [0.15, 0.2) is 5.76 Å². The van der Waals surface area contributed by atoms with Crippen molar-refractivity contribution in [2.45, 2.75) is 4.90 Å². The van der Waals surface area contributed by atoms with Gasteiger partial charge in [0.2, 0.25) is 15.5 Å². The molecule has 0 spiro atoms. The highest BCUT2D eigenvalue weighted by Gasteiger charge is 2.15. The summed E-state index contributed by atoms with van der Waals surface area (Å²) in [5.41, 5.74) is 0.286. The Morgan fingerprint density at radius 3 is 2.35 bits per heavy atom. The first-order valence-corrected chi connectivity index (χ1v) is 8.66. The quantitative estimate of drug-likeness (QED) is 0.719. The summed E-state index contributed by atoms with van der Waals surface area (Å²) in [6.07, 6.45) is 0. The van der Waals surface area contributed by atoms with Crippen LogP contribution in [0.5, 0.6) is 0 Å². The minimum absolute atomic E-state index is 0.0532. The number of benzene rings is 2. The summed E-state index contributed by atoms with van der Waals surface area (Å²) >= 11 is 3.15. The second-order valence-electron chi connectivity index (χ2n) is 4.78. The number of hydrogen-bond donors (Lipinski definition) is 1. The van der Waals surface area contributed by atoms with Crippen molar-refractivity contribution in [3.63, 3.8) is 0 Å². The van der Waals surface area contributed by atoms with Crippen molar-refractivity contribution in [2.24, 2.45) is 5.14 Å².